The molecule has 0 aromatic heterocycles. The van der Waals surface area contributed by atoms with Crippen molar-refractivity contribution < 1.29 is 47.1 Å². The molecule has 0 unspecified atom stereocenters. The topological polar surface area (TPSA) is 175 Å². The number of cyclic esters (lactones) is 1. The minimum atomic E-state index is -1.61. The number of carbonyl (C=O) groups is 7. The number of halogens is 2. The van der Waals surface area contributed by atoms with E-state index in [1.54, 1.807) is 12.1 Å². The SMILES string of the molecule is Cc1ccc(CC(=O)N[C@@H](Cc2cc(F)cc(F)c2)C(=O)N[C@@H]2C(=O)N3CCC[C@H]3C(=O)N3CCCC[C@H]3C(=O)N[C@@H](C)C(=O)N3CC(C)(C)C[C@H]3C(=O)O[C@H]2C)cc1. The van der Waals surface area contributed by atoms with Gasteiger partial charge in [-0.15, -0.1) is 0 Å². The number of carbonyl (C=O) groups excluding carboxylic acids is 7. The Labute approximate surface area is 342 Å². The summed E-state index contributed by atoms with van der Waals surface area (Å²) in [5.74, 6) is -6.33. The zero-order chi connectivity index (χ0) is 42.8. The molecule has 0 spiro atoms. The molecule has 4 saturated heterocycles. The van der Waals surface area contributed by atoms with Gasteiger partial charge in [0, 0.05) is 32.1 Å². The Morgan fingerprint density at radius 1 is 0.831 bits per heavy atom. The van der Waals surface area contributed by atoms with E-state index in [1.807, 2.05) is 32.9 Å². The number of esters is 1. The second-order valence-corrected chi connectivity index (χ2v) is 17.2. The van der Waals surface area contributed by atoms with Crippen LogP contribution in [0.15, 0.2) is 42.5 Å². The maximum absolute atomic E-state index is 14.7. The largest absolute Gasteiger partial charge is 0.458 e. The van der Waals surface area contributed by atoms with Crippen LogP contribution in [0.2, 0.25) is 0 Å². The third-order valence-corrected chi connectivity index (χ3v) is 11.7. The first-order valence-corrected chi connectivity index (χ1v) is 20.4. The van der Waals surface area contributed by atoms with Gasteiger partial charge in [0.05, 0.1) is 6.42 Å². The van der Waals surface area contributed by atoms with Gasteiger partial charge in [0.1, 0.15) is 54.0 Å². The molecule has 0 bridgehead atoms. The van der Waals surface area contributed by atoms with Crippen molar-refractivity contribution in [2.45, 2.75) is 128 Å². The van der Waals surface area contributed by atoms with Crippen LogP contribution < -0.4 is 16.0 Å². The lowest BCUT2D eigenvalue weighted by Crippen LogP contribution is -2.63. The number of amides is 6. The third kappa shape index (κ3) is 10.1. The molecule has 318 valence electrons. The van der Waals surface area contributed by atoms with Gasteiger partial charge in [-0.05, 0) is 88.0 Å². The molecule has 4 aliphatic rings. The maximum Gasteiger partial charge on any atom is 0.329 e. The lowest BCUT2D eigenvalue weighted by molar-refractivity contribution is -0.163. The maximum atomic E-state index is 14.7. The summed E-state index contributed by atoms with van der Waals surface area (Å²) >= 11 is 0. The molecule has 59 heavy (non-hydrogen) atoms. The molecule has 2 aromatic carbocycles. The van der Waals surface area contributed by atoms with Gasteiger partial charge >= 0.3 is 5.97 Å². The van der Waals surface area contributed by atoms with Crippen molar-refractivity contribution in [2.75, 3.05) is 19.6 Å². The molecule has 0 saturated carbocycles. The predicted octanol–water partition coefficient (Wildman–Crippen LogP) is 2.48. The molecule has 4 fully saturated rings. The molecule has 6 amide bonds. The van der Waals surface area contributed by atoms with Crippen molar-refractivity contribution >= 4 is 41.4 Å². The number of benzene rings is 2. The number of hydrogen-bond acceptors (Lipinski definition) is 8. The molecular formula is C43H54F2N6O8. The van der Waals surface area contributed by atoms with Crippen LogP contribution in [0, 0.1) is 24.0 Å². The highest BCUT2D eigenvalue weighted by molar-refractivity contribution is 5.98. The van der Waals surface area contributed by atoms with Crippen LogP contribution in [0.5, 0.6) is 0 Å². The van der Waals surface area contributed by atoms with Gasteiger partial charge in [-0.25, -0.2) is 13.6 Å². The third-order valence-electron chi connectivity index (χ3n) is 11.7. The molecule has 0 aliphatic carbocycles. The van der Waals surface area contributed by atoms with Gasteiger partial charge < -0.3 is 35.4 Å². The second-order valence-electron chi connectivity index (χ2n) is 17.2. The zero-order valence-corrected chi connectivity index (χ0v) is 34.2. The fraction of sp³-hybridized carbons (Fsp3) is 0.558. The van der Waals surface area contributed by atoms with Crippen molar-refractivity contribution in [3.05, 3.63) is 70.8 Å². The minimum Gasteiger partial charge on any atom is -0.458 e. The first-order chi connectivity index (χ1) is 27.9. The van der Waals surface area contributed by atoms with Crippen LogP contribution >= 0.6 is 0 Å². The summed E-state index contributed by atoms with van der Waals surface area (Å²) in [6.07, 6.45) is 0.716. The number of ether oxygens (including phenoxy) is 1. The van der Waals surface area contributed by atoms with Crippen molar-refractivity contribution in [1.29, 1.82) is 0 Å². The van der Waals surface area contributed by atoms with E-state index in [0.29, 0.717) is 37.3 Å². The fourth-order valence-corrected chi connectivity index (χ4v) is 8.73. The highest BCUT2D eigenvalue weighted by atomic mass is 19.1. The van der Waals surface area contributed by atoms with Gasteiger partial charge in [0.15, 0.2) is 0 Å². The molecule has 14 nitrogen and oxygen atoms in total. The van der Waals surface area contributed by atoms with E-state index >= 15 is 0 Å². The summed E-state index contributed by atoms with van der Waals surface area (Å²) in [5, 5.41) is 8.11. The molecule has 4 aliphatic heterocycles. The number of nitrogens with zero attached hydrogens (tertiary/aromatic N) is 3. The van der Waals surface area contributed by atoms with Crippen LogP contribution in [0.3, 0.4) is 0 Å². The summed E-state index contributed by atoms with van der Waals surface area (Å²) in [4.78, 5) is 103. The highest BCUT2D eigenvalue weighted by Gasteiger charge is 2.49. The number of rotatable bonds is 7. The van der Waals surface area contributed by atoms with Crippen LogP contribution in [-0.2, 0) is 51.1 Å². The number of piperidine rings is 1. The summed E-state index contributed by atoms with van der Waals surface area (Å²) < 4.78 is 34.7. The molecule has 3 N–H and O–H groups in total. The van der Waals surface area contributed by atoms with Gasteiger partial charge in [-0.2, -0.15) is 0 Å². The summed E-state index contributed by atoms with van der Waals surface area (Å²) in [6, 6.07) is 2.83. The van der Waals surface area contributed by atoms with E-state index in [1.165, 1.54) is 28.5 Å². The van der Waals surface area contributed by atoms with E-state index in [-0.39, 0.29) is 50.9 Å². The average Bonchev–Trinajstić information content (AvgIpc) is 3.80. The summed E-state index contributed by atoms with van der Waals surface area (Å²) in [5.41, 5.74) is 1.15. The van der Waals surface area contributed by atoms with Gasteiger partial charge in [-0.3, -0.25) is 28.8 Å². The Hall–Kier alpha value is -5.41. The Morgan fingerprint density at radius 2 is 1.47 bits per heavy atom. The molecular weight excluding hydrogens is 767 g/mol. The van der Waals surface area contributed by atoms with Crippen molar-refractivity contribution in [3.8, 4) is 0 Å². The van der Waals surface area contributed by atoms with Crippen LogP contribution in [0.4, 0.5) is 8.78 Å². The summed E-state index contributed by atoms with van der Waals surface area (Å²) in [6.45, 7) is 9.18. The van der Waals surface area contributed by atoms with E-state index in [0.717, 1.165) is 17.7 Å². The zero-order valence-electron chi connectivity index (χ0n) is 34.2. The molecule has 4 heterocycles. The monoisotopic (exact) mass is 820 g/mol. The normalized spacial score (nSPS) is 27.0. The fourth-order valence-electron chi connectivity index (χ4n) is 8.73. The van der Waals surface area contributed by atoms with E-state index in [9.17, 15) is 42.3 Å². The van der Waals surface area contributed by atoms with E-state index in [4.69, 9.17) is 4.74 Å². The number of hydrogen-bond donors (Lipinski definition) is 3. The Morgan fingerprint density at radius 3 is 2.17 bits per heavy atom. The van der Waals surface area contributed by atoms with Crippen molar-refractivity contribution in [3.63, 3.8) is 0 Å². The number of nitrogens with one attached hydrogen (secondary N) is 3. The molecule has 6 rings (SSSR count). The number of fused-ring (bicyclic) bond motifs is 3. The predicted molar refractivity (Wildman–Crippen MR) is 210 cm³/mol. The van der Waals surface area contributed by atoms with Crippen LogP contribution in [0.1, 0.15) is 82.9 Å². The van der Waals surface area contributed by atoms with Crippen molar-refractivity contribution in [2.24, 2.45) is 5.41 Å². The second kappa shape index (κ2) is 17.8. The first-order valence-electron chi connectivity index (χ1n) is 20.4. The lowest BCUT2D eigenvalue weighted by atomic mass is 9.91. The highest BCUT2D eigenvalue weighted by Crippen LogP contribution is 2.35. The smallest absolute Gasteiger partial charge is 0.329 e. The quantitative estimate of drug-likeness (QED) is 0.358. The average molecular weight is 821 g/mol. The van der Waals surface area contributed by atoms with Gasteiger partial charge in [0.25, 0.3) is 0 Å². The minimum absolute atomic E-state index is 0.0511. The Kier molecular flexibility index (Phi) is 13.1. The molecule has 16 heteroatoms. The van der Waals surface area contributed by atoms with E-state index < -0.39 is 101 Å². The standard InChI is InChI=1S/C43H54F2N6O8/c1-24-11-13-27(14-12-24)20-35(52)47-31(19-28-17-29(44)21-30(45)18-28)37(53)48-36-26(3)59-42(58)34-22-43(4,5)23-51(34)39(55)25(2)46-38(54)32-9-6-7-15-49(32)40(56)33-10-8-16-50(33)41(36)57/h11-14,17-18,21,25-26,31-34,36H,6-10,15-16,19-20,22-23H2,1-5H3,(H,46,54)(H,47,52)(H,48,53)/t25-,26-,31-,32-,33-,34-,36-/m0/s1. The van der Waals surface area contributed by atoms with Gasteiger partial charge in [-0.1, -0.05) is 43.7 Å². The van der Waals surface area contributed by atoms with Crippen molar-refractivity contribution in [1.82, 2.24) is 30.7 Å². The molecule has 2 aromatic rings. The summed E-state index contributed by atoms with van der Waals surface area (Å²) in [7, 11) is 0. The van der Waals surface area contributed by atoms with Crippen LogP contribution in [-0.4, -0.2) is 118 Å². The van der Waals surface area contributed by atoms with Crippen LogP contribution in [0.25, 0.3) is 0 Å². The Bertz CT molecular complexity index is 1960. The van der Waals surface area contributed by atoms with E-state index in [2.05, 4.69) is 16.0 Å². The Balaban J connectivity index is 1.35. The molecule has 7 atom stereocenters. The first kappa shape index (κ1) is 43.2. The number of aryl methyl sites for hydroxylation is 1. The lowest BCUT2D eigenvalue weighted by Gasteiger charge is -2.39. The van der Waals surface area contributed by atoms with Gasteiger partial charge in [0.2, 0.25) is 35.4 Å². The molecule has 0 radical (unpaired) electrons.